The van der Waals surface area contributed by atoms with Gasteiger partial charge < -0.3 is 32.3 Å². The highest BCUT2D eigenvalue weighted by atomic mass is 32.1. The van der Waals surface area contributed by atoms with E-state index in [0.29, 0.717) is 23.1 Å². The Morgan fingerprint density at radius 1 is 0.622 bits per heavy atom. The lowest BCUT2D eigenvalue weighted by atomic mass is 10.1. The second-order valence-corrected chi connectivity index (χ2v) is 11.5. The lowest BCUT2D eigenvalue weighted by molar-refractivity contribution is -0.138. The van der Waals surface area contributed by atoms with Gasteiger partial charge >= 0.3 is 6.18 Å². The van der Waals surface area contributed by atoms with Gasteiger partial charge in [-0.15, -0.1) is 10.2 Å². The Morgan fingerprint density at radius 3 is 1.58 bits per heavy atom. The summed E-state index contributed by atoms with van der Waals surface area (Å²) in [4.78, 5) is 0. The highest BCUT2D eigenvalue weighted by Crippen LogP contribution is 2.35. The summed E-state index contributed by atoms with van der Waals surface area (Å²) < 4.78 is 38.4. The lowest BCUT2D eigenvalue weighted by Gasteiger charge is -2.19. The molecule has 0 bridgehead atoms. The van der Waals surface area contributed by atoms with Gasteiger partial charge in [-0.2, -0.15) is 13.2 Å². The van der Waals surface area contributed by atoms with Gasteiger partial charge in [0.25, 0.3) is 0 Å². The van der Waals surface area contributed by atoms with Crippen LogP contribution in [0.3, 0.4) is 0 Å². The number of rotatable bonds is 11. The summed E-state index contributed by atoms with van der Waals surface area (Å²) in [6, 6.07) is 32.1. The molecule has 0 saturated carbocycles. The molecule has 230 valence electrons. The number of hydrazine groups is 2. The van der Waals surface area contributed by atoms with Gasteiger partial charge in [0.1, 0.15) is 0 Å². The monoisotopic (exact) mass is 628 g/mol. The molecule has 0 aliphatic carbocycles. The fourth-order valence-electron chi connectivity index (χ4n) is 4.84. The molecule has 0 spiro atoms. The van der Waals surface area contributed by atoms with Gasteiger partial charge in [0, 0.05) is 39.0 Å². The maximum Gasteiger partial charge on any atom is 0.445 e. The Balaban J connectivity index is 1.14. The number of benzene rings is 5. The number of alkyl halides is 3. The molecule has 12 heteroatoms. The molecular formula is C33H31F3N8S. The first kappa shape index (κ1) is 29.8. The minimum absolute atomic E-state index is 0.0691. The summed E-state index contributed by atoms with van der Waals surface area (Å²) in [6.45, 7) is 4.35. The number of nitrogens with zero attached hydrogens (tertiary/aromatic N) is 2. The molecule has 1 aromatic heterocycles. The summed E-state index contributed by atoms with van der Waals surface area (Å²) >= 11 is 0.456. The molecule has 5 aromatic carbocycles. The van der Waals surface area contributed by atoms with Crippen LogP contribution < -0.4 is 32.3 Å². The van der Waals surface area contributed by atoms with Crippen molar-refractivity contribution >= 4 is 72.1 Å². The molecule has 6 N–H and O–H groups in total. The number of fused-ring (bicyclic) bond motifs is 2. The molecule has 6 rings (SSSR count). The van der Waals surface area contributed by atoms with E-state index in [-0.39, 0.29) is 5.13 Å². The van der Waals surface area contributed by atoms with E-state index in [9.17, 15) is 13.2 Å². The molecule has 0 aliphatic heterocycles. The predicted molar refractivity (Wildman–Crippen MR) is 180 cm³/mol. The fourth-order valence-corrected chi connectivity index (χ4v) is 5.47. The van der Waals surface area contributed by atoms with E-state index in [1.807, 2.05) is 36.4 Å². The third-order valence-electron chi connectivity index (χ3n) is 7.34. The Labute approximate surface area is 262 Å². The number of hydrogen-bond donors (Lipinski definition) is 6. The average Bonchev–Trinajstić information content (AvgIpc) is 3.53. The molecular weight excluding hydrogens is 597 g/mol. The smallest absolute Gasteiger partial charge is 0.382 e. The molecule has 1 heterocycles. The highest BCUT2D eigenvalue weighted by Gasteiger charge is 2.35. The second kappa shape index (κ2) is 12.8. The molecule has 1 unspecified atom stereocenters. The number of nitrogens with one attached hydrogen (secondary N) is 6. The largest absolute Gasteiger partial charge is 0.445 e. The molecule has 1 atom stereocenters. The van der Waals surface area contributed by atoms with Crippen molar-refractivity contribution in [3.63, 3.8) is 0 Å². The normalized spacial score (nSPS) is 12.1. The van der Waals surface area contributed by atoms with Crippen molar-refractivity contribution in [3.05, 3.63) is 102 Å². The van der Waals surface area contributed by atoms with E-state index in [4.69, 9.17) is 0 Å². The summed E-state index contributed by atoms with van der Waals surface area (Å²) in [5.41, 5.74) is 18.5. The topological polar surface area (TPSA) is 98.0 Å². The summed E-state index contributed by atoms with van der Waals surface area (Å²) in [7, 11) is 0. The summed E-state index contributed by atoms with van der Waals surface area (Å²) in [6.07, 6.45) is -3.48. The molecule has 0 fully saturated rings. The van der Waals surface area contributed by atoms with Crippen molar-refractivity contribution < 1.29 is 13.2 Å². The highest BCUT2D eigenvalue weighted by molar-refractivity contribution is 7.15. The minimum atomic E-state index is -4.52. The van der Waals surface area contributed by atoms with Crippen LogP contribution in [0.15, 0.2) is 97.1 Å². The van der Waals surface area contributed by atoms with Crippen LogP contribution in [-0.2, 0) is 6.18 Å². The van der Waals surface area contributed by atoms with Crippen LogP contribution >= 0.6 is 11.3 Å². The van der Waals surface area contributed by atoms with Crippen LogP contribution in [0.1, 0.15) is 25.3 Å². The summed E-state index contributed by atoms with van der Waals surface area (Å²) in [5, 5.41) is 16.6. The maximum absolute atomic E-state index is 12.8. The molecule has 6 aromatic rings. The number of anilines is 7. The van der Waals surface area contributed by atoms with Crippen LogP contribution in [0.25, 0.3) is 21.5 Å². The van der Waals surface area contributed by atoms with Crippen LogP contribution in [0.2, 0.25) is 0 Å². The Kier molecular flexibility index (Phi) is 8.47. The molecule has 0 radical (unpaired) electrons. The van der Waals surface area contributed by atoms with E-state index in [1.54, 1.807) is 24.3 Å². The van der Waals surface area contributed by atoms with Crippen molar-refractivity contribution in [3.8, 4) is 0 Å². The zero-order chi connectivity index (χ0) is 31.4. The zero-order valence-corrected chi connectivity index (χ0v) is 25.3. The Hall–Kier alpha value is -5.23. The van der Waals surface area contributed by atoms with Gasteiger partial charge in [-0.3, -0.25) is 0 Å². The van der Waals surface area contributed by atoms with Crippen molar-refractivity contribution in [2.24, 2.45) is 0 Å². The third-order valence-corrected chi connectivity index (χ3v) is 8.22. The quantitative estimate of drug-likeness (QED) is 0.0790. The second-order valence-electron chi connectivity index (χ2n) is 10.5. The van der Waals surface area contributed by atoms with Crippen molar-refractivity contribution in [2.75, 3.05) is 32.3 Å². The molecule has 0 amide bonds. The van der Waals surface area contributed by atoms with Gasteiger partial charge in [0.05, 0.1) is 22.7 Å². The Bertz CT molecular complexity index is 1920. The maximum atomic E-state index is 12.8. The Morgan fingerprint density at radius 2 is 1.09 bits per heavy atom. The SMILES string of the molecule is CCC(C)Nc1ccc(NNc2ccc(NNc3ccc(Nc4nnc(C(F)(F)F)s4)cc3)c3ccccc23)c2ccccc12. The van der Waals surface area contributed by atoms with Gasteiger partial charge in [0.15, 0.2) is 0 Å². The standard InChI is InChI=1S/C33H31F3N8S/c1-3-20(2)37-27-16-17-29(24-9-5-4-8-23(24)27)41-42-30-19-18-28(25-10-6-7-11-26(25)30)40-39-22-14-12-21(13-15-22)38-32-44-43-31(45-32)33(34,35)36/h4-20,37,39-42H,3H2,1-2H3,(H,38,44). The number of halogens is 3. The summed E-state index contributed by atoms with van der Waals surface area (Å²) in [5.74, 6) is 0. The fraction of sp³-hybridized carbons (Fsp3) is 0.152. The molecule has 0 aliphatic rings. The van der Waals surface area contributed by atoms with Crippen molar-refractivity contribution in [2.45, 2.75) is 32.5 Å². The number of hydrogen-bond acceptors (Lipinski definition) is 9. The van der Waals surface area contributed by atoms with Gasteiger partial charge in [-0.05, 0) is 61.9 Å². The molecule has 45 heavy (non-hydrogen) atoms. The van der Waals surface area contributed by atoms with Crippen molar-refractivity contribution in [1.29, 1.82) is 0 Å². The lowest BCUT2D eigenvalue weighted by Crippen LogP contribution is -2.14. The third kappa shape index (κ3) is 6.80. The van der Waals surface area contributed by atoms with E-state index in [1.165, 1.54) is 0 Å². The minimum Gasteiger partial charge on any atom is -0.382 e. The first-order valence-electron chi connectivity index (χ1n) is 14.4. The first-order valence-corrected chi connectivity index (χ1v) is 15.2. The van der Waals surface area contributed by atoms with Crippen LogP contribution in [0.5, 0.6) is 0 Å². The van der Waals surface area contributed by atoms with E-state index in [2.05, 4.69) is 92.8 Å². The van der Waals surface area contributed by atoms with Gasteiger partial charge in [-0.1, -0.05) is 66.8 Å². The van der Waals surface area contributed by atoms with E-state index < -0.39 is 11.2 Å². The van der Waals surface area contributed by atoms with E-state index >= 15 is 0 Å². The predicted octanol–water partition coefficient (Wildman–Crippen LogP) is 9.70. The van der Waals surface area contributed by atoms with Crippen LogP contribution in [0, 0.1) is 0 Å². The van der Waals surface area contributed by atoms with Crippen LogP contribution in [-0.4, -0.2) is 16.2 Å². The van der Waals surface area contributed by atoms with Gasteiger partial charge in [0.2, 0.25) is 10.1 Å². The number of aromatic nitrogens is 2. The molecule has 8 nitrogen and oxygen atoms in total. The van der Waals surface area contributed by atoms with Crippen LogP contribution in [0.4, 0.5) is 52.4 Å². The molecule has 0 saturated heterocycles. The van der Waals surface area contributed by atoms with E-state index in [0.717, 1.165) is 56.4 Å². The van der Waals surface area contributed by atoms with Crippen molar-refractivity contribution in [1.82, 2.24) is 10.2 Å². The average molecular weight is 629 g/mol. The zero-order valence-electron chi connectivity index (χ0n) is 24.5. The van der Waals surface area contributed by atoms with Gasteiger partial charge in [-0.25, -0.2) is 0 Å². The first-order chi connectivity index (χ1) is 21.8.